The first-order chi connectivity index (χ1) is 12.5. The molecule has 8 nitrogen and oxygen atoms in total. The Kier molecular flexibility index (Phi) is 3.86. The molecule has 0 spiro atoms. The van der Waals surface area contributed by atoms with Crippen LogP contribution in [0.1, 0.15) is 28.8 Å². The molecule has 1 fully saturated rings. The monoisotopic (exact) mass is 358 g/mol. The lowest BCUT2D eigenvalue weighted by atomic mass is 10.2. The van der Waals surface area contributed by atoms with E-state index in [1.54, 1.807) is 24.5 Å². The van der Waals surface area contributed by atoms with Gasteiger partial charge in [-0.25, -0.2) is 13.8 Å². The summed E-state index contributed by atoms with van der Waals surface area (Å²) in [6.45, 7) is -0.750. The van der Waals surface area contributed by atoms with Gasteiger partial charge in [-0.2, -0.15) is 4.98 Å². The van der Waals surface area contributed by atoms with Crippen molar-refractivity contribution in [2.24, 2.45) is 0 Å². The summed E-state index contributed by atoms with van der Waals surface area (Å²) in [5, 5.41) is 3.82. The van der Waals surface area contributed by atoms with Crippen molar-refractivity contribution in [2.75, 3.05) is 6.54 Å². The molecule has 3 aromatic heterocycles. The lowest BCUT2D eigenvalue weighted by Crippen LogP contribution is -2.33. The van der Waals surface area contributed by atoms with Gasteiger partial charge < -0.3 is 9.42 Å². The number of hydrogen-bond acceptors (Lipinski definition) is 7. The highest BCUT2D eigenvalue weighted by Gasteiger charge is 2.50. The smallest absolute Gasteiger partial charge is 0.274 e. The minimum atomic E-state index is -3.06. The van der Waals surface area contributed by atoms with E-state index in [0.717, 1.165) is 4.90 Å². The molecule has 10 heteroatoms. The van der Waals surface area contributed by atoms with Gasteiger partial charge in [0.2, 0.25) is 11.7 Å². The third kappa shape index (κ3) is 3.01. The molecule has 132 valence electrons. The topological polar surface area (TPSA) is 97.9 Å². The number of pyridine rings is 1. The lowest BCUT2D eigenvalue weighted by molar-refractivity contribution is 0.0116. The van der Waals surface area contributed by atoms with Gasteiger partial charge in [0.05, 0.1) is 12.7 Å². The number of nitrogens with zero attached hydrogens (tertiary/aromatic N) is 6. The summed E-state index contributed by atoms with van der Waals surface area (Å²) in [4.78, 5) is 29.3. The summed E-state index contributed by atoms with van der Waals surface area (Å²) >= 11 is 0. The van der Waals surface area contributed by atoms with Gasteiger partial charge in [-0.1, -0.05) is 5.16 Å². The zero-order valence-electron chi connectivity index (χ0n) is 13.3. The first kappa shape index (κ1) is 16.2. The van der Waals surface area contributed by atoms with Gasteiger partial charge in [-0.15, -0.1) is 0 Å². The van der Waals surface area contributed by atoms with Gasteiger partial charge in [-0.3, -0.25) is 14.8 Å². The summed E-state index contributed by atoms with van der Waals surface area (Å²) < 4.78 is 33.2. The van der Waals surface area contributed by atoms with Crippen LogP contribution < -0.4 is 0 Å². The molecule has 26 heavy (non-hydrogen) atoms. The Bertz CT molecular complexity index is 919. The van der Waals surface area contributed by atoms with Crippen molar-refractivity contribution in [1.29, 1.82) is 0 Å². The average Bonchev–Trinajstić information content (AvgIpc) is 3.27. The molecule has 1 aliphatic rings. The predicted molar refractivity (Wildman–Crippen MR) is 82.9 cm³/mol. The van der Waals surface area contributed by atoms with Crippen LogP contribution >= 0.6 is 0 Å². The van der Waals surface area contributed by atoms with Crippen LogP contribution in [-0.2, 0) is 0 Å². The maximum absolute atomic E-state index is 14.0. The second-order valence-electron chi connectivity index (χ2n) is 5.79. The van der Waals surface area contributed by atoms with Crippen LogP contribution in [0.4, 0.5) is 8.78 Å². The highest BCUT2D eigenvalue weighted by atomic mass is 19.3. The maximum atomic E-state index is 14.0. The van der Waals surface area contributed by atoms with E-state index in [0.29, 0.717) is 5.56 Å². The highest BCUT2D eigenvalue weighted by molar-refractivity contribution is 5.92. The van der Waals surface area contributed by atoms with Crippen LogP contribution in [0.2, 0.25) is 0 Å². The van der Waals surface area contributed by atoms with Crippen LogP contribution in [-0.4, -0.2) is 48.4 Å². The van der Waals surface area contributed by atoms with E-state index in [1.807, 2.05) is 0 Å². The van der Waals surface area contributed by atoms with Crippen molar-refractivity contribution < 1.29 is 18.1 Å². The normalized spacial score (nSPS) is 18.8. The highest BCUT2D eigenvalue weighted by Crippen LogP contribution is 2.41. The SMILES string of the molecule is O=C(c1cnccn1)N1CC(F)(F)C[C@H]1c1nc(-c2ccncc2)no1. The van der Waals surface area contributed by atoms with E-state index < -0.39 is 30.8 Å². The second-order valence-corrected chi connectivity index (χ2v) is 5.79. The first-order valence-electron chi connectivity index (χ1n) is 7.72. The molecule has 4 rings (SSSR count). The Balaban J connectivity index is 1.66. The van der Waals surface area contributed by atoms with Crippen molar-refractivity contribution in [2.45, 2.75) is 18.4 Å². The molecule has 1 saturated heterocycles. The first-order valence-corrected chi connectivity index (χ1v) is 7.72. The Hall–Kier alpha value is -3.30. The molecule has 0 aromatic carbocycles. The molecule has 0 bridgehead atoms. The van der Waals surface area contributed by atoms with E-state index in [2.05, 4.69) is 25.1 Å². The van der Waals surface area contributed by atoms with Gasteiger partial charge in [0.1, 0.15) is 11.7 Å². The molecular formula is C16H12F2N6O2. The molecule has 0 aliphatic carbocycles. The number of carbonyl (C=O) groups is 1. The predicted octanol–water partition coefficient (Wildman–Crippen LogP) is 2.14. The van der Waals surface area contributed by atoms with Gasteiger partial charge in [-0.05, 0) is 12.1 Å². The van der Waals surface area contributed by atoms with Gasteiger partial charge >= 0.3 is 0 Å². The van der Waals surface area contributed by atoms with Crippen LogP contribution in [0.5, 0.6) is 0 Å². The third-order valence-corrected chi connectivity index (χ3v) is 3.98. The Morgan fingerprint density at radius 3 is 2.73 bits per heavy atom. The van der Waals surface area contributed by atoms with Crippen LogP contribution in [0, 0.1) is 0 Å². The number of amides is 1. The number of alkyl halides is 2. The molecule has 1 atom stereocenters. The number of likely N-dealkylation sites (tertiary alicyclic amines) is 1. The zero-order valence-corrected chi connectivity index (χ0v) is 13.3. The largest absolute Gasteiger partial charge is 0.337 e. The summed E-state index contributed by atoms with van der Waals surface area (Å²) in [6, 6.07) is 2.29. The van der Waals surface area contributed by atoms with Crippen LogP contribution in [0.25, 0.3) is 11.4 Å². The fourth-order valence-corrected chi connectivity index (χ4v) is 2.80. The van der Waals surface area contributed by atoms with Crippen molar-refractivity contribution in [3.05, 3.63) is 54.7 Å². The van der Waals surface area contributed by atoms with Gasteiger partial charge in [0, 0.05) is 36.8 Å². The fraction of sp³-hybridized carbons (Fsp3) is 0.250. The van der Waals surface area contributed by atoms with Crippen molar-refractivity contribution in [3.63, 3.8) is 0 Å². The quantitative estimate of drug-likeness (QED) is 0.707. The van der Waals surface area contributed by atoms with Gasteiger partial charge in [0.15, 0.2) is 0 Å². The molecule has 0 unspecified atom stereocenters. The summed E-state index contributed by atoms with van der Waals surface area (Å²) in [5.74, 6) is -3.53. The summed E-state index contributed by atoms with van der Waals surface area (Å²) in [5.41, 5.74) is 0.607. The molecular weight excluding hydrogens is 346 g/mol. The molecule has 0 saturated carbocycles. The number of halogens is 2. The number of aromatic nitrogens is 5. The molecule has 4 heterocycles. The van der Waals surface area contributed by atoms with E-state index in [4.69, 9.17) is 4.52 Å². The molecule has 0 N–H and O–H groups in total. The Morgan fingerprint density at radius 2 is 2.00 bits per heavy atom. The van der Waals surface area contributed by atoms with E-state index in [-0.39, 0.29) is 17.4 Å². The molecule has 1 amide bonds. The van der Waals surface area contributed by atoms with E-state index in [9.17, 15) is 13.6 Å². The standard InChI is InChI=1S/C16H12F2N6O2/c17-16(18)7-12(24(9-16)15(25)11-8-20-5-6-21-11)14-22-13(23-26-14)10-1-3-19-4-2-10/h1-6,8,12H,7,9H2/t12-/m0/s1. The minimum absolute atomic E-state index is 0.0240. The number of hydrogen-bond donors (Lipinski definition) is 0. The summed E-state index contributed by atoms with van der Waals surface area (Å²) in [7, 11) is 0. The van der Waals surface area contributed by atoms with Crippen molar-refractivity contribution in [3.8, 4) is 11.4 Å². The second kappa shape index (κ2) is 6.21. The van der Waals surface area contributed by atoms with Crippen LogP contribution in [0.3, 0.4) is 0 Å². The lowest BCUT2D eigenvalue weighted by Gasteiger charge is -2.20. The Morgan fingerprint density at radius 1 is 1.19 bits per heavy atom. The minimum Gasteiger partial charge on any atom is -0.337 e. The van der Waals surface area contributed by atoms with Crippen molar-refractivity contribution >= 4 is 5.91 Å². The summed E-state index contributed by atoms with van der Waals surface area (Å²) in [6.07, 6.45) is 6.46. The Labute approximate surface area is 145 Å². The molecule has 3 aromatic rings. The zero-order chi connectivity index (χ0) is 18.1. The third-order valence-electron chi connectivity index (χ3n) is 3.98. The number of rotatable bonds is 3. The van der Waals surface area contributed by atoms with Gasteiger partial charge in [0.25, 0.3) is 11.8 Å². The molecule has 1 aliphatic heterocycles. The average molecular weight is 358 g/mol. The van der Waals surface area contributed by atoms with Crippen molar-refractivity contribution in [1.82, 2.24) is 30.0 Å². The van der Waals surface area contributed by atoms with Crippen LogP contribution in [0.15, 0.2) is 47.6 Å². The van der Waals surface area contributed by atoms with E-state index >= 15 is 0 Å². The number of carbonyl (C=O) groups excluding carboxylic acids is 1. The fourth-order valence-electron chi connectivity index (χ4n) is 2.80. The molecule has 0 radical (unpaired) electrons. The van der Waals surface area contributed by atoms with E-state index in [1.165, 1.54) is 18.6 Å². The maximum Gasteiger partial charge on any atom is 0.274 e.